The summed E-state index contributed by atoms with van der Waals surface area (Å²) in [5, 5.41) is 9.41. The molecule has 2 fully saturated rings. The zero-order chi connectivity index (χ0) is 11.3. The molecule has 2 heterocycles. The molecule has 2 atom stereocenters. The van der Waals surface area contributed by atoms with Crippen LogP contribution in [0.4, 0.5) is 0 Å². The maximum Gasteiger partial charge on any atom is 0.253 e. The molecule has 0 bridgehead atoms. The Morgan fingerprint density at radius 1 is 1.50 bits per heavy atom. The molecule has 16 heavy (non-hydrogen) atoms. The second-order valence-corrected chi connectivity index (χ2v) is 4.71. The van der Waals surface area contributed by atoms with Gasteiger partial charge >= 0.3 is 0 Å². The van der Waals surface area contributed by atoms with Gasteiger partial charge in [0, 0.05) is 42.4 Å². The van der Waals surface area contributed by atoms with Crippen molar-refractivity contribution in [1.82, 2.24) is 9.88 Å². The molecule has 84 valence electrons. The van der Waals surface area contributed by atoms with Gasteiger partial charge in [0.2, 0.25) is 0 Å². The lowest BCUT2D eigenvalue weighted by molar-refractivity contribution is 0.0746. The van der Waals surface area contributed by atoms with Gasteiger partial charge in [-0.25, -0.2) is 0 Å². The highest BCUT2D eigenvalue weighted by Gasteiger charge is 2.56. The molecule has 3 rings (SSSR count). The number of rotatable bonds is 1. The highest BCUT2D eigenvalue weighted by molar-refractivity contribution is 5.94. The molecule has 1 aliphatic heterocycles. The third-order valence-corrected chi connectivity index (χ3v) is 3.58. The molecule has 1 saturated heterocycles. The fourth-order valence-electron chi connectivity index (χ4n) is 2.52. The number of amides is 1. The first kappa shape index (κ1) is 9.78. The van der Waals surface area contributed by atoms with Crippen molar-refractivity contribution >= 4 is 5.91 Å². The molecule has 4 nitrogen and oxygen atoms in total. The monoisotopic (exact) mass is 218 g/mol. The maximum absolute atomic E-state index is 12.1. The molecule has 1 amide bonds. The first-order valence-electron chi connectivity index (χ1n) is 5.57. The Morgan fingerprint density at radius 2 is 2.19 bits per heavy atom. The maximum atomic E-state index is 12.1. The van der Waals surface area contributed by atoms with E-state index in [2.05, 4.69) is 4.98 Å². The molecule has 0 aromatic carbocycles. The summed E-state index contributed by atoms with van der Waals surface area (Å²) in [5.74, 6) is 0.712. The quantitative estimate of drug-likeness (QED) is 0.744. The van der Waals surface area contributed by atoms with Crippen molar-refractivity contribution in [3.8, 4) is 0 Å². The molecule has 1 saturated carbocycles. The van der Waals surface area contributed by atoms with Crippen LogP contribution in [0.3, 0.4) is 0 Å². The Morgan fingerprint density at radius 3 is 2.81 bits per heavy atom. The van der Waals surface area contributed by atoms with E-state index >= 15 is 0 Å². The third kappa shape index (κ3) is 1.41. The predicted molar refractivity (Wildman–Crippen MR) is 57.9 cm³/mol. The van der Waals surface area contributed by atoms with Gasteiger partial charge in [0.05, 0.1) is 6.10 Å². The van der Waals surface area contributed by atoms with Crippen LogP contribution in [0.1, 0.15) is 16.1 Å². The zero-order valence-electron chi connectivity index (χ0n) is 9.13. The number of pyridine rings is 1. The van der Waals surface area contributed by atoms with E-state index in [0.29, 0.717) is 30.5 Å². The first-order valence-corrected chi connectivity index (χ1v) is 5.57. The minimum Gasteiger partial charge on any atom is -0.392 e. The molecule has 1 N–H and O–H groups in total. The van der Waals surface area contributed by atoms with Crippen molar-refractivity contribution in [1.29, 1.82) is 0 Å². The number of hydrogen-bond acceptors (Lipinski definition) is 3. The van der Waals surface area contributed by atoms with E-state index < -0.39 is 0 Å². The van der Waals surface area contributed by atoms with Crippen molar-refractivity contribution < 1.29 is 9.90 Å². The number of nitrogens with zero attached hydrogens (tertiary/aromatic N) is 2. The highest BCUT2D eigenvalue weighted by atomic mass is 16.3. The number of aliphatic hydroxyl groups is 1. The predicted octanol–water partition coefficient (Wildman–Crippen LogP) is 0.453. The average Bonchev–Trinajstić information content (AvgIpc) is 2.74. The van der Waals surface area contributed by atoms with Gasteiger partial charge in [0.15, 0.2) is 0 Å². The standard InChI is InChI=1S/C12H14N2O2/c1-7-4-8(2-3-13-7)12(16)14-5-9-10(6-14)11(9)15/h2-4,9-11,15H,5-6H2,1H3. The van der Waals surface area contributed by atoms with E-state index in [1.165, 1.54) is 0 Å². The van der Waals surface area contributed by atoms with E-state index in [9.17, 15) is 9.90 Å². The number of aromatic nitrogens is 1. The fourth-order valence-corrected chi connectivity index (χ4v) is 2.52. The highest BCUT2D eigenvalue weighted by Crippen LogP contribution is 2.45. The topological polar surface area (TPSA) is 53.4 Å². The molecule has 4 heteroatoms. The Balaban J connectivity index is 1.75. The van der Waals surface area contributed by atoms with Gasteiger partial charge in [-0.2, -0.15) is 0 Å². The summed E-state index contributed by atoms with van der Waals surface area (Å²) < 4.78 is 0. The van der Waals surface area contributed by atoms with Crippen LogP contribution in [0.2, 0.25) is 0 Å². The first-order chi connectivity index (χ1) is 7.66. The van der Waals surface area contributed by atoms with Gasteiger partial charge in [-0.05, 0) is 19.1 Å². The van der Waals surface area contributed by atoms with E-state index in [-0.39, 0.29) is 12.0 Å². The van der Waals surface area contributed by atoms with E-state index in [0.717, 1.165) is 5.69 Å². The lowest BCUT2D eigenvalue weighted by atomic mass is 10.2. The van der Waals surface area contributed by atoms with Crippen LogP contribution >= 0.6 is 0 Å². The van der Waals surface area contributed by atoms with Crippen LogP contribution in [0, 0.1) is 18.8 Å². The Hall–Kier alpha value is -1.42. The van der Waals surface area contributed by atoms with Crippen molar-refractivity contribution in [3.63, 3.8) is 0 Å². The molecule has 1 aromatic rings. The van der Waals surface area contributed by atoms with Crippen molar-refractivity contribution in [2.45, 2.75) is 13.0 Å². The number of aryl methyl sites for hydroxylation is 1. The van der Waals surface area contributed by atoms with Crippen molar-refractivity contribution in [2.24, 2.45) is 11.8 Å². The van der Waals surface area contributed by atoms with Gasteiger partial charge in [-0.15, -0.1) is 0 Å². The summed E-state index contributed by atoms with van der Waals surface area (Å²) in [4.78, 5) is 18.0. The number of aliphatic hydroxyl groups excluding tert-OH is 1. The number of piperidine rings is 1. The molecule has 2 unspecified atom stereocenters. The van der Waals surface area contributed by atoms with Gasteiger partial charge in [-0.3, -0.25) is 9.78 Å². The molecule has 0 spiro atoms. The third-order valence-electron chi connectivity index (χ3n) is 3.58. The molecule has 1 aliphatic carbocycles. The van der Waals surface area contributed by atoms with Crippen LogP contribution in [0.25, 0.3) is 0 Å². The SMILES string of the molecule is Cc1cc(C(=O)N2CC3C(O)C3C2)ccn1. The normalized spacial score (nSPS) is 31.4. The van der Waals surface area contributed by atoms with E-state index in [4.69, 9.17) is 0 Å². The summed E-state index contributed by atoms with van der Waals surface area (Å²) in [5.41, 5.74) is 1.55. The van der Waals surface area contributed by atoms with Gasteiger partial charge < -0.3 is 10.0 Å². The Labute approximate surface area is 93.9 Å². The van der Waals surface area contributed by atoms with Crippen LogP contribution in [0.15, 0.2) is 18.3 Å². The lowest BCUT2D eigenvalue weighted by Crippen LogP contribution is -2.32. The molecular weight excluding hydrogens is 204 g/mol. The summed E-state index contributed by atoms with van der Waals surface area (Å²) in [6.07, 6.45) is 1.50. The van der Waals surface area contributed by atoms with Gasteiger partial charge in [0.25, 0.3) is 5.91 Å². The lowest BCUT2D eigenvalue weighted by Gasteiger charge is -2.18. The summed E-state index contributed by atoms with van der Waals surface area (Å²) in [6.45, 7) is 3.28. The van der Waals surface area contributed by atoms with Crippen LogP contribution < -0.4 is 0 Å². The minimum absolute atomic E-state index is 0.0601. The smallest absolute Gasteiger partial charge is 0.253 e. The van der Waals surface area contributed by atoms with Gasteiger partial charge in [-0.1, -0.05) is 0 Å². The minimum atomic E-state index is -0.164. The number of likely N-dealkylation sites (tertiary alicyclic amines) is 1. The van der Waals surface area contributed by atoms with Crippen molar-refractivity contribution in [2.75, 3.05) is 13.1 Å². The fraction of sp³-hybridized carbons (Fsp3) is 0.500. The van der Waals surface area contributed by atoms with E-state index in [1.807, 2.05) is 17.9 Å². The van der Waals surface area contributed by atoms with Gasteiger partial charge in [0.1, 0.15) is 0 Å². The van der Waals surface area contributed by atoms with Crippen LogP contribution in [-0.2, 0) is 0 Å². The summed E-state index contributed by atoms with van der Waals surface area (Å²) in [7, 11) is 0. The molecule has 1 aromatic heterocycles. The average molecular weight is 218 g/mol. The number of carbonyl (C=O) groups excluding carboxylic acids is 1. The Kier molecular flexibility index (Phi) is 2.01. The number of hydrogen-bond donors (Lipinski definition) is 1. The van der Waals surface area contributed by atoms with E-state index in [1.54, 1.807) is 12.3 Å². The van der Waals surface area contributed by atoms with Crippen LogP contribution in [0.5, 0.6) is 0 Å². The van der Waals surface area contributed by atoms with Crippen LogP contribution in [-0.4, -0.2) is 40.1 Å². The zero-order valence-corrected chi connectivity index (χ0v) is 9.13. The molecule has 0 radical (unpaired) electrons. The van der Waals surface area contributed by atoms with Crippen molar-refractivity contribution in [3.05, 3.63) is 29.6 Å². The largest absolute Gasteiger partial charge is 0.392 e. The second-order valence-electron chi connectivity index (χ2n) is 4.71. The second kappa shape index (κ2) is 3.28. The summed E-state index contributed by atoms with van der Waals surface area (Å²) >= 11 is 0. The number of carbonyl (C=O) groups is 1. The molecular formula is C12H14N2O2. The Bertz CT molecular complexity index is 434. The molecule has 2 aliphatic rings. The summed E-state index contributed by atoms with van der Waals surface area (Å²) in [6, 6.07) is 3.55. The number of fused-ring (bicyclic) bond motifs is 1.